The maximum Gasteiger partial charge on any atom is 0.258 e. The van der Waals surface area contributed by atoms with E-state index in [4.69, 9.17) is 14.5 Å². The second-order valence-corrected chi connectivity index (χ2v) is 7.10. The smallest absolute Gasteiger partial charge is 0.258 e. The summed E-state index contributed by atoms with van der Waals surface area (Å²) in [4.78, 5) is 18.1. The Labute approximate surface area is 156 Å². The summed E-state index contributed by atoms with van der Waals surface area (Å²) < 4.78 is 13.4. The number of methoxy groups -OCH3 is 1. The molecule has 5 nitrogen and oxygen atoms in total. The predicted octanol–water partition coefficient (Wildman–Crippen LogP) is 3.72. The van der Waals surface area contributed by atoms with E-state index in [1.165, 1.54) is 0 Å². The van der Waals surface area contributed by atoms with Crippen LogP contribution in [-0.2, 0) is 28.2 Å². The molecule has 5 heteroatoms. The fourth-order valence-corrected chi connectivity index (χ4v) is 4.40. The average molecular weight is 360 g/mol. The van der Waals surface area contributed by atoms with Gasteiger partial charge in [0.05, 0.1) is 29.0 Å². The average Bonchev–Trinajstić information content (AvgIpc) is 3.05. The molecular weight excluding hydrogens is 340 g/mol. The van der Waals surface area contributed by atoms with Gasteiger partial charge < -0.3 is 14.0 Å². The van der Waals surface area contributed by atoms with Crippen molar-refractivity contribution in [1.82, 2.24) is 9.55 Å². The fourth-order valence-electron chi connectivity index (χ4n) is 4.40. The van der Waals surface area contributed by atoms with Gasteiger partial charge in [-0.15, -0.1) is 0 Å². The molecule has 0 radical (unpaired) electrons. The Morgan fingerprint density at radius 1 is 1.33 bits per heavy atom. The van der Waals surface area contributed by atoms with E-state index >= 15 is 0 Å². The molecule has 0 saturated heterocycles. The Hall–Kier alpha value is -2.92. The van der Waals surface area contributed by atoms with Crippen molar-refractivity contribution in [1.29, 1.82) is 0 Å². The number of hydrogen-bond donors (Lipinski definition) is 0. The van der Waals surface area contributed by atoms with Gasteiger partial charge in [-0.2, -0.15) is 0 Å². The van der Waals surface area contributed by atoms with Gasteiger partial charge in [-0.3, -0.25) is 4.79 Å². The summed E-state index contributed by atoms with van der Waals surface area (Å²) in [6, 6.07) is 12.2. The van der Waals surface area contributed by atoms with Crippen molar-refractivity contribution in [2.24, 2.45) is 0 Å². The Balaban J connectivity index is 1.81. The molecule has 2 aliphatic rings. The zero-order valence-corrected chi connectivity index (χ0v) is 15.4. The first-order valence-electron chi connectivity index (χ1n) is 9.12. The number of rotatable bonds is 2. The SMILES string of the molecule is C=C1OCc2c(cc3n(c2=O)Cc2cc4ccccc4nc2-3)[C@]1(CC)OC. The van der Waals surface area contributed by atoms with Gasteiger partial charge >= 0.3 is 0 Å². The lowest BCUT2D eigenvalue weighted by atomic mass is 9.84. The first kappa shape index (κ1) is 16.3. The molecule has 0 fully saturated rings. The first-order valence-corrected chi connectivity index (χ1v) is 9.12. The van der Waals surface area contributed by atoms with Gasteiger partial charge in [0.2, 0.25) is 0 Å². The van der Waals surface area contributed by atoms with Crippen LogP contribution < -0.4 is 5.56 Å². The van der Waals surface area contributed by atoms with Crippen LogP contribution in [0.15, 0.2) is 53.5 Å². The van der Waals surface area contributed by atoms with E-state index in [-0.39, 0.29) is 12.2 Å². The van der Waals surface area contributed by atoms with Crippen molar-refractivity contribution in [3.05, 3.63) is 75.8 Å². The van der Waals surface area contributed by atoms with Crippen LogP contribution in [0.3, 0.4) is 0 Å². The monoisotopic (exact) mass is 360 g/mol. The minimum absolute atomic E-state index is 0.0352. The molecule has 0 bridgehead atoms. The zero-order chi connectivity index (χ0) is 18.8. The van der Waals surface area contributed by atoms with Crippen molar-refractivity contribution in [3.8, 4) is 11.4 Å². The number of nitrogens with zero attached hydrogens (tertiary/aromatic N) is 2. The van der Waals surface area contributed by atoms with E-state index in [1.54, 1.807) is 11.7 Å². The van der Waals surface area contributed by atoms with E-state index in [1.807, 2.05) is 37.3 Å². The lowest BCUT2D eigenvalue weighted by Crippen LogP contribution is -2.40. The fraction of sp³-hybridized carbons (Fsp3) is 0.273. The van der Waals surface area contributed by atoms with Crippen LogP contribution in [0.4, 0.5) is 0 Å². The highest BCUT2D eigenvalue weighted by atomic mass is 16.5. The molecule has 4 heterocycles. The number of fused-ring (bicyclic) bond motifs is 5. The van der Waals surface area contributed by atoms with Crippen LogP contribution in [0.1, 0.15) is 30.0 Å². The van der Waals surface area contributed by atoms with Crippen LogP contribution in [-0.4, -0.2) is 16.7 Å². The third-order valence-electron chi connectivity index (χ3n) is 5.90. The summed E-state index contributed by atoms with van der Waals surface area (Å²) in [5.74, 6) is 0.550. The summed E-state index contributed by atoms with van der Waals surface area (Å²) in [5.41, 5.74) is 4.35. The van der Waals surface area contributed by atoms with E-state index in [0.717, 1.165) is 33.4 Å². The van der Waals surface area contributed by atoms with Crippen molar-refractivity contribution < 1.29 is 9.47 Å². The van der Waals surface area contributed by atoms with E-state index in [9.17, 15) is 4.79 Å². The molecule has 0 spiro atoms. The van der Waals surface area contributed by atoms with Gasteiger partial charge in [0.25, 0.3) is 5.56 Å². The summed E-state index contributed by atoms with van der Waals surface area (Å²) >= 11 is 0. The molecule has 0 aliphatic carbocycles. The third-order valence-corrected chi connectivity index (χ3v) is 5.90. The van der Waals surface area contributed by atoms with Gasteiger partial charge in [-0.05, 0) is 24.6 Å². The largest absolute Gasteiger partial charge is 0.490 e. The molecule has 0 amide bonds. The van der Waals surface area contributed by atoms with Crippen LogP contribution in [0.25, 0.3) is 22.3 Å². The van der Waals surface area contributed by atoms with Crippen LogP contribution >= 0.6 is 0 Å². The second kappa shape index (κ2) is 5.54. The Bertz CT molecular complexity index is 1170. The molecule has 0 saturated carbocycles. The normalized spacial score (nSPS) is 20.1. The second-order valence-electron chi connectivity index (χ2n) is 7.10. The minimum Gasteiger partial charge on any atom is -0.490 e. The number of para-hydroxylation sites is 1. The molecular formula is C22H20N2O3. The van der Waals surface area contributed by atoms with Crippen LogP contribution in [0, 0.1) is 0 Å². The molecule has 136 valence electrons. The lowest BCUT2D eigenvalue weighted by Gasteiger charge is -2.38. The van der Waals surface area contributed by atoms with Crippen molar-refractivity contribution in [3.63, 3.8) is 0 Å². The quantitative estimate of drug-likeness (QED) is 0.547. The molecule has 2 aliphatic heterocycles. The molecule has 27 heavy (non-hydrogen) atoms. The highest BCUT2D eigenvalue weighted by molar-refractivity contribution is 5.84. The number of ether oxygens (including phenoxy) is 2. The number of hydrogen-bond acceptors (Lipinski definition) is 4. The van der Waals surface area contributed by atoms with Gasteiger partial charge in [-0.1, -0.05) is 31.7 Å². The Kier molecular flexibility index (Phi) is 3.34. The van der Waals surface area contributed by atoms with E-state index in [0.29, 0.717) is 24.3 Å². The number of pyridine rings is 2. The summed E-state index contributed by atoms with van der Waals surface area (Å²) in [5, 5.41) is 1.08. The molecule has 3 aromatic rings. The van der Waals surface area contributed by atoms with Crippen LogP contribution in [0.5, 0.6) is 0 Å². The highest BCUT2D eigenvalue weighted by Crippen LogP contribution is 2.43. The summed E-state index contributed by atoms with van der Waals surface area (Å²) in [6.07, 6.45) is 0.635. The number of aromatic nitrogens is 2. The van der Waals surface area contributed by atoms with E-state index in [2.05, 4.69) is 12.6 Å². The lowest BCUT2D eigenvalue weighted by molar-refractivity contribution is -0.0511. The Morgan fingerprint density at radius 2 is 2.15 bits per heavy atom. The van der Waals surface area contributed by atoms with E-state index < -0.39 is 5.60 Å². The standard InChI is InChI=1S/C22H20N2O3/c1-4-22(26-3)13(2)27-12-16-17(22)10-19-20-15(11-24(19)21(16)25)9-14-7-5-6-8-18(14)23-20/h5-10H,2,4,11-12H2,1,3H3/t22-/m1/s1. The first-order chi connectivity index (χ1) is 13.1. The maximum atomic E-state index is 13.3. The third kappa shape index (κ3) is 2.03. The molecule has 0 unspecified atom stereocenters. The topological polar surface area (TPSA) is 53.4 Å². The molecule has 0 N–H and O–H groups in total. The summed E-state index contributed by atoms with van der Waals surface area (Å²) in [7, 11) is 1.64. The van der Waals surface area contributed by atoms with Gasteiger partial charge in [0, 0.05) is 23.6 Å². The number of benzene rings is 1. The minimum atomic E-state index is -0.804. The van der Waals surface area contributed by atoms with Gasteiger partial charge in [0.15, 0.2) is 0 Å². The zero-order valence-electron chi connectivity index (χ0n) is 15.4. The van der Waals surface area contributed by atoms with Crippen molar-refractivity contribution in [2.75, 3.05) is 7.11 Å². The van der Waals surface area contributed by atoms with Crippen LogP contribution in [0.2, 0.25) is 0 Å². The van der Waals surface area contributed by atoms with Crippen molar-refractivity contribution in [2.45, 2.75) is 32.1 Å². The van der Waals surface area contributed by atoms with Gasteiger partial charge in [-0.25, -0.2) is 4.98 Å². The van der Waals surface area contributed by atoms with Crippen molar-refractivity contribution >= 4 is 10.9 Å². The summed E-state index contributed by atoms with van der Waals surface area (Å²) in [6.45, 7) is 6.81. The molecule has 1 aromatic carbocycles. The highest BCUT2D eigenvalue weighted by Gasteiger charge is 2.43. The predicted molar refractivity (Wildman–Crippen MR) is 103 cm³/mol. The molecule has 1 atom stereocenters. The maximum absolute atomic E-state index is 13.3. The molecule has 5 rings (SSSR count). The molecule has 2 aromatic heterocycles. The Morgan fingerprint density at radius 3 is 2.93 bits per heavy atom. The van der Waals surface area contributed by atoms with Gasteiger partial charge in [0.1, 0.15) is 18.0 Å².